The molecular formula is C19H21N5. The van der Waals surface area contributed by atoms with Gasteiger partial charge < -0.3 is 10.6 Å². The van der Waals surface area contributed by atoms with Crippen LogP contribution in [0.2, 0.25) is 0 Å². The average molecular weight is 319 g/mol. The lowest BCUT2D eigenvalue weighted by Crippen LogP contribution is -2.51. The Morgan fingerprint density at radius 1 is 1.29 bits per heavy atom. The SMILES string of the molecule is CN1CC=C2C(C#N)=C(N)C(C#N)(C#N)C(C3C=CCCC3)C2C1. The molecule has 0 fully saturated rings. The minimum absolute atomic E-state index is 0.0160. The van der Waals surface area contributed by atoms with Crippen molar-refractivity contribution in [3.8, 4) is 18.2 Å². The van der Waals surface area contributed by atoms with Gasteiger partial charge in [-0.25, -0.2) is 0 Å². The zero-order chi connectivity index (χ0) is 17.3. The molecule has 1 aliphatic heterocycles. The molecule has 3 unspecified atom stereocenters. The third kappa shape index (κ3) is 2.23. The van der Waals surface area contributed by atoms with Gasteiger partial charge in [0.1, 0.15) is 6.07 Å². The lowest BCUT2D eigenvalue weighted by atomic mass is 9.55. The van der Waals surface area contributed by atoms with Crippen LogP contribution in [0.1, 0.15) is 19.3 Å². The van der Waals surface area contributed by atoms with E-state index in [1.165, 1.54) is 0 Å². The number of nitrogens with two attached hydrogens (primary N) is 1. The standard InChI is InChI=1S/C19H21N5/c1-24-8-7-14-15(9-20)18(23)19(11-21,12-22)17(16(14)10-24)13-5-3-2-4-6-13/h3,5,7,13,16-17H,2,4,6,8,10,23H2,1H3. The summed E-state index contributed by atoms with van der Waals surface area (Å²) in [5.74, 6) is -0.0929. The van der Waals surface area contributed by atoms with E-state index in [0.29, 0.717) is 5.57 Å². The van der Waals surface area contributed by atoms with E-state index in [1.807, 2.05) is 13.1 Å². The first-order valence-electron chi connectivity index (χ1n) is 8.37. The van der Waals surface area contributed by atoms with E-state index < -0.39 is 5.41 Å². The second-order valence-electron chi connectivity index (χ2n) is 6.97. The molecule has 0 amide bonds. The van der Waals surface area contributed by atoms with E-state index >= 15 is 0 Å². The molecule has 1 heterocycles. The largest absolute Gasteiger partial charge is 0.399 e. The smallest absolute Gasteiger partial charge is 0.187 e. The van der Waals surface area contributed by atoms with E-state index in [1.54, 1.807) is 0 Å². The maximum absolute atomic E-state index is 9.93. The van der Waals surface area contributed by atoms with Crippen molar-refractivity contribution < 1.29 is 0 Å². The van der Waals surface area contributed by atoms with Gasteiger partial charge in [0.05, 0.1) is 23.4 Å². The summed E-state index contributed by atoms with van der Waals surface area (Å²) >= 11 is 0. The van der Waals surface area contributed by atoms with E-state index in [-0.39, 0.29) is 23.5 Å². The van der Waals surface area contributed by atoms with Crippen LogP contribution < -0.4 is 5.73 Å². The Morgan fingerprint density at radius 3 is 2.62 bits per heavy atom. The number of allylic oxidation sites excluding steroid dienone is 4. The Kier molecular flexibility index (Phi) is 4.18. The summed E-state index contributed by atoms with van der Waals surface area (Å²) in [5.41, 5.74) is 6.24. The summed E-state index contributed by atoms with van der Waals surface area (Å²) in [6.45, 7) is 1.49. The van der Waals surface area contributed by atoms with Gasteiger partial charge in [0.25, 0.3) is 0 Å². The van der Waals surface area contributed by atoms with E-state index in [4.69, 9.17) is 5.73 Å². The Balaban J connectivity index is 2.24. The third-order valence-electron chi connectivity index (χ3n) is 5.66. The Bertz CT molecular complexity index is 738. The fourth-order valence-corrected chi connectivity index (χ4v) is 4.52. The summed E-state index contributed by atoms with van der Waals surface area (Å²) in [7, 11) is 2.02. The van der Waals surface area contributed by atoms with Crippen molar-refractivity contribution >= 4 is 0 Å². The van der Waals surface area contributed by atoms with Gasteiger partial charge >= 0.3 is 0 Å². The number of likely N-dealkylation sites (N-methyl/N-ethyl adjacent to an activating group) is 1. The van der Waals surface area contributed by atoms with Crippen LogP contribution in [0.3, 0.4) is 0 Å². The maximum atomic E-state index is 9.93. The van der Waals surface area contributed by atoms with Crippen LogP contribution in [-0.2, 0) is 0 Å². The molecule has 5 nitrogen and oxygen atoms in total. The summed E-state index contributed by atoms with van der Waals surface area (Å²) in [4.78, 5) is 2.17. The number of hydrogen-bond donors (Lipinski definition) is 1. The first kappa shape index (κ1) is 16.3. The molecule has 5 heteroatoms. The third-order valence-corrected chi connectivity index (χ3v) is 5.66. The summed E-state index contributed by atoms with van der Waals surface area (Å²) in [6.07, 6.45) is 9.38. The number of nitriles is 3. The van der Waals surface area contributed by atoms with Crippen LogP contribution >= 0.6 is 0 Å². The van der Waals surface area contributed by atoms with Crippen molar-refractivity contribution in [2.45, 2.75) is 19.3 Å². The van der Waals surface area contributed by atoms with E-state index in [2.05, 4.69) is 35.3 Å². The minimum Gasteiger partial charge on any atom is -0.399 e. The first-order chi connectivity index (χ1) is 11.6. The van der Waals surface area contributed by atoms with Crippen molar-refractivity contribution in [1.82, 2.24) is 4.90 Å². The normalized spacial score (nSPS) is 32.1. The molecule has 2 N–H and O–H groups in total. The lowest BCUT2D eigenvalue weighted by Gasteiger charge is -2.47. The van der Waals surface area contributed by atoms with Crippen molar-refractivity contribution in [3.05, 3.63) is 35.1 Å². The number of rotatable bonds is 1. The summed E-state index contributed by atoms with van der Waals surface area (Å²) in [5, 5.41) is 29.5. The van der Waals surface area contributed by atoms with Gasteiger partial charge in [0.15, 0.2) is 5.41 Å². The highest BCUT2D eigenvalue weighted by Gasteiger charge is 2.55. The van der Waals surface area contributed by atoms with Crippen LogP contribution in [0.25, 0.3) is 0 Å². The highest BCUT2D eigenvalue weighted by molar-refractivity contribution is 5.56. The molecule has 0 saturated heterocycles. The molecule has 3 atom stereocenters. The molecule has 0 aromatic heterocycles. The average Bonchev–Trinajstić information content (AvgIpc) is 2.62. The molecular weight excluding hydrogens is 298 g/mol. The van der Waals surface area contributed by atoms with E-state index in [0.717, 1.165) is 37.9 Å². The molecule has 122 valence electrons. The predicted octanol–water partition coefficient (Wildman–Crippen LogP) is 2.23. The van der Waals surface area contributed by atoms with Crippen LogP contribution in [-0.4, -0.2) is 25.0 Å². The van der Waals surface area contributed by atoms with Crippen molar-refractivity contribution in [3.63, 3.8) is 0 Å². The summed E-state index contributed by atoms with van der Waals surface area (Å²) < 4.78 is 0. The van der Waals surface area contributed by atoms with Gasteiger partial charge in [-0.3, -0.25) is 0 Å². The van der Waals surface area contributed by atoms with Gasteiger partial charge in [-0.1, -0.05) is 18.2 Å². The number of hydrogen-bond acceptors (Lipinski definition) is 5. The van der Waals surface area contributed by atoms with Gasteiger partial charge in [0.2, 0.25) is 0 Å². The van der Waals surface area contributed by atoms with Gasteiger partial charge in [-0.15, -0.1) is 0 Å². The molecule has 0 spiro atoms. The Hall–Kier alpha value is -2.55. The molecule has 2 aliphatic carbocycles. The maximum Gasteiger partial charge on any atom is 0.187 e. The molecule has 24 heavy (non-hydrogen) atoms. The quantitative estimate of drug-likeness (QED) is 0.747. The highest BCUT2D eigenvalue weighted by Crippen LogP contribution is 2.53. The van der Waals surface area contributed by atoms with Crippen LogP contribution in [0.5, 0.6) is 0 Å². The number of nitrogens with zero attached hydrogens (tertiary/aromatic N) is 4. The molecule has 0 aromatic rings. The van der Waals surface area contributed by atoms with Crippen LogP contribution in [0.15, 0.2) is 35.1 Å². The molecule has 0 radical (unpaired) electrons. The highest BCUT2D eigenvalue weighted by atomic mass is 15.1. The lowest BCUT2D eigenvalue weighted by molar-refractivity contribution is 0.139. The topological polar surface area (TPSA) is 101 Å². The Morgan fingerprint density at radius 2 is 2.04 bits per heavy atom. The number of fused-ring (bicyclic) bond motifs is 1. The van der Waals surface area contributed by atoms with E-state index in [9.17, 15) is 15.8 Å². The van der Waals surface area contributed by atoms with Crippen molar-refractivity contribution in [2.24, 2.45) is 28.9 Å². The molecule has 0 saturated carbocycles. The Labute approximate surface area is 142 Å². The second-order valence-corrected chi connectivity index (χ2v) is 6.97. The van der Waals surface area contributed by atoms with Gasteiger partial charge in [-0.2, -0.15) is 15.8 Å². The molecule has 0 bridgehead atoms. The van der Waals surface area contributed by atoms with Crippen molar-refractivity contribution in [2.75, 3.05) is 20.1 Å². The fraction of sp³-hybridized carbons (Fsp3) is 0.526. The zero-order valence-corrected chi connectivity index (χ0v) is 13.9. The van der Waals surface area contributed by atoms with Crippen molar-refractivity contribution in [1.29, 1.82) is 15.8 Å². The fourth-order valence-electron chi connectivity index (χ4n) is 4.52. The molecule has 0 aromatic carbocycles. The minimum atomic E-state index is -1.43. The second kappa shape index (κ2) is 6.16. The van der Waals surface area contributed by atoms with Gasteiger partial charge in [0, 0.05) is 24.9 Å². The zero-order valence-electron chi connectivity index (χ0n) is 13.9. The summed E-state index contributed by atoms with van der Waals surface area (Å²) in [6, 6.07) is 6.57. The molecule has 3 aliphatic rings. The van der Waals surface area contributed by atoms with Crippen LogP contribution in [0, 0.1) is 57.2 Å². The first-order valence-corrected chi connectivity index (χ1v) is 8.37. The molecule has 3 rings (SSSR count). The predicted molar refractivity (Wildman–Crippen MR) is 89.5 cm³/mol. The monoisotopic (exact) mass is 319 g/mol. The van der Waals surface area contributed by atoms with Gasteiger partial charge in [-0.05, 0) is 37.8 Å². The van der Waals surface area contributed by atoms with Crippen LogP contribution in [0.4, 0.5) is 0 Å².